The Labute approximate surface area is 425 Å². The van der Waals surface area contributed by atoms with Crippen LogP contribution in [0.2, 0.25) is 0 Å². The van der Waals surface area contributed by atoms with E-state index < -0.39 is 11.8 Å². The van der Waals surface area contributed by atoms with Crippen LogP contribution in [0.4, 0.5) is 20.7 Å². The lowest BCUT2D eigenvalue weighted by Crippen LogP contribution is -2.50. The van der Waals surface area contributed by atoms with Gasteiger partial charge in [0.1, 0.15) is 28.5 Å². The predicted molar refractivity (Wildman–Crippen MR) is 276 cm³/mol. The fourth-order valence-electron chi connectivity index (χ4n) is 12.1. The first kappa shape index (κ1) is 48.6. The lowest BCUT2D eigenvalue weighted by Gasteiger charge is -2.47. The lowest BCUT2D eigenvalue weighted by molar-refractivity contribution is -0.120. The Hall–Kier alpha value is -6.61. The van der Waals surface area contributed by atoms with E-state index in [0.29, 0.717) is 102 Å². The fraction of sp³-hybridized carbons (Fsp3) is 0.500. The first-order chi connectivity index (χ1) is 35.5. The molecule has 382 valence electrons. The predicted octanol–water partition coefficient (Wildman–Crippen LogP) is 7.24. The molecule has 2 N–H and O–H groups in total. The summed E-state index contributed by atoms with van der Waals surface area (Å²) >= 11 is 0. The molecular formula is C56H64FN9O7. The van der Waals surface area contributed by atoms with Gasteiger partial charge in [-0.2, -0.15) is 9.97 Å². The molecule has 6 aliphatic rings. The number of hydrogen-bond acceptors (Lipinski definition) is 13. The van der Waals surface area contributed by atoms with Gasteiger partial charge < -0.3 is 38.9 Å². The number of amides is 4. The molecule has 4 saturated heterocycles. The maximum Gasteiger partial charge on any atom is 0.328 e. The van der Waals surface area contributed by atoms with E-state index in [2.05, 4.69) is 30.9 Å². The van der Waals surface area contributed by atoms with E-state index in [-0.39, 0.29) is 58.6 Å². The first-order valence-electron chi connectivity index (χ1n) is 26.1. The number of carbonyl (C=O) groups is 3. The molecule has 6 fully saturated rings. The van der Waals surface area contributed by atoms with Crippen molar-refractivity contribution in [2.75, 3.05) is 109 Å². The van der Waals surface area contributed by atoms with Gasteiger partial charge in [-0.1, -0.05) is 18.1 Å². The fourth-order valence-corrected chi connectivity index (χ4v) is 12.1. The molecule has 1 spiro atoms. The summed E-state index contributed by atoms with van der Waals surface area (Å²) in [5.41, 5.74) is 2.36. The second-order valence-corrected chi connectivity index (χ2v) is 21.2. The third kappa shape index (κ3) is 10.1. The van der Waals surface area contributed by atoms with Crippen molar-refractivity contribution in [3.63, 3.8) is 0 Å². The zero-order valence-electron chi connectivity index (χ0n) is 41.7. The Morgan fingerprint density at radius 1 is 0.932 bits per heavy atom. The average Bonchev–Trinajstić information content (AvgIpc) is 4.23. The summed E-state index contributed by atoms with van der Waals surface area (Å²) in [7, 11) is 1.53. The smallest absolute Gasteiger partial charge is 0.328 e. The summed E-state index contributed by atoms with van der Waals surface area (Å²) in [6.07, 6.45) is 17.4. The van der Waals surface area contributed by atoms with Crippen molar-refractivity contribution in [1.29, 1.82) is 0 Å². The summed E-state index contributed by atoms with van der Waals surface area (Å²) < 4.78 is 34.9. The number of nitrogens with one attached hydrogen (secondary N) is 1. The topological polar surface area (TPSA) is 166 Å². The van der Waals surface area contributed by atoms with E-state index in [4.69, 9.17) is 30.6 Å². The minimum absolute atomic E-state index is 0.0193. The summed E-state index contributed by atoms with van der Waals surface area (Å²) in [6, 6.07) is 13.4. The minimum Gasteiger partial charge on any atom is -0.508 e. The quantitative estimate of drug-likeness (QED) is 0.120. The van der Waals surface area contributed by atoms with Gasteiger partial charge in [0.05, 0.1) is 31.4 Å². The minimum atomic E-state index is -0.633. The van der Waals surface area contributed by atoms with Crippen LogP contribution in [0.3, 0.4) is 0 Å². The largest absolute Gasteiger partial charge is 0.508 e. The van der Waals surface area contributed by atoms with Crippen molar-refractivity contribution in [1.82, 2.24) is 35.0 Å². The number of urea groups is 1. The molecule has 73 heavy (non-hydrogen) atoms. The molecule has 4 amide bonds. The SMILES string of the molecule is C#Cc1cccc2cc(O)cc(-c3ncc4c(N5CCCOCC5)nc(OCC5(CN6CCN(CC7CCC8(CC7)CCN(C(=O)c7ccc(OC)c(N9CCC(=O)NC9=O)c7)CC8)CC6)CC5)nc4c3F)c12. The Morgan fingerprint density at radius 2 is 1.73 bits per heavy atom. The number of pyridine rings is 1. The van der Waals surface area contributed by atoms with Crippen molar-refractivity contribution < 1.29 is 38.1 Å². The number of terminal acetylenes is 1. The van der Waals surface area contributed by atoms with Crippen LogP contribution in [0.5, 0.6) is 17.5 Å². The van der Waals surface area contributed by atoms with Crippen LogP contribution in [0, 0.1) is 34.9 Å². The highest BCUT2D eigenvalue weighted by Crippen LogP contribution is 2.48. The number of rotatable bonds is 12. The third-order valence-electron chi connectivity index (χ3n) is 16.6. The molecule has 2 aliphatic carbocycles. The van der Waals surface area contributed by atoms with Crippen LogP contribution in [0.1, 0.15) is 80.1 Å². The van der Waals surface area contributed by atoms with Crippen molar-refractivity contribution in [3.8, 4) is 41.1 Å². The van der Waals surface area contributed by atoms with Gasteiger partial charge in [-0.05, 0) is 111 Å². The number of piperazine rings is 1. The lowest BCUT2D eigenvalue weighted by atomic mass is 9.65. The van der Waals surface area contributed by atoms with Gasteiger partial charge in [-0.15, -0.1) is 6.42 Å². The maximum absolute atomic E-state index is 17.1. The number of fused-ring (bicyclic) bond motifs is 2. The number of piperidine rings is 1. The molecule has 11 rings (SSSR count). The molecule has 0 bridgehead atoms. The zero-order chi connectivity index (χ0) is 50.3. The van der Waals surface area contributed by atoms with Crippen LogP contribution in [-0.2, 0) is 9.53 Å². The van der Waals surface area contributed by atoms with Crippen LogP contribution in [-0.4, -0.2) is 152 Å². The van der Waals surface area contributed by atoms with E-state index in [0.717, 1.165) is 71.4 Å². The number of carbonyl (C=O) groups excluding carboxylic acids is 3. The second-order valence-electron chi connectivity index (χ2n) is 21.2. The number of methoxy groups -OCH3 is 1. The van der Waals surface area contributed by atoms with Gasteiger partial charge in [-0.25, -0.2) is 9.18 Å². The van der Waals surface area contributed by atoms with Crippen molar-refractivity contribution in [2.24, 2.45) is 16.7 Å². The number of likely N-dealkylation sites (tertiary alicyclic amines) is 1. The summed E-state index contributed by atoms with van der Waals surface area (Å²) in [5.74, 6) is 3.41. The average molecular weight is 994 g/mol. The molecule has 0 unspecified atom stereocenters. The number of aromatic hydroxyl groups is 1. The number of hydrogen-bond donors (Lipinski definition) is 2. The van der Waals surface area contributed by atoms with Gasteiger partial charge in [0.25, 0.3) is 5.91 Å². The molecule has 0 atom stereocenters. The van der Waals surface area contributed by atoms with Crippen molar-refractivity contribution >= 4 is 51.0 Å². The standard InChI is InChI=1S/C56H64FN9O7/c1-3-38-6-4-7-39-30-41(67)32-42(47(38)39)49-48(57)50-43(33-58-49)51(64-19-5-28-72-29-27-64)61-53(60-50)73-36-56(15-16-56)35-63-25-23-62(24-26-63)34-37-10-13-55(14-11-37)17-21-65(22-18-55)52(69)40-8-9-45(71-2)44(31-40)66-20-12-46(68)59-54(66)70/h1,4,6-9,30-33,37,67H,5,10-29,34-36H2,2H3,(H,59,68,70). The molecule has 17 heteroatoms. The Kier molecular flexibility index (Phi) is 13.6. The molecule has 3 aromatic carbocycles. The third-order valence-corrected chi connectivity index (χ3v) is 16.6. The molecule has 16 nitrogen and oxygen atoms in total. The number of halogens is 1. The number of imide groups is 1. The number of phenolic OH excluding ortho intramolecular Hbond substituents is 1. The van der Waals surface area contributed by atoms with Gasteiger partial charge in [0, 0.05) is 119 Å². The first-order valence-corrected chi connectivity index (χ1v) is 26.1. The highest BCUT2D eigenvalue weighted by atomic mass is 19.1. The van der Waals surface area contributed by atoms with Crippen molar-refractivity contribution in [3.05, 3.63) is 71.7 Å². The number of nitrogens with zero attached hydrogens (tertiary/aromatic N) is 8. The van der Waals surface area contributed by atoms with E-state index >= 15 is 4.39 Å². The second kappa shape index (κ2) is 20.4. The van der Waals surface area contributed by atoms with Crippen LogP contribution < -0.4 is 24.6 Å². The van der Waals surface area contributed by atoms with Gasteiger partial charge in [0.15, 0.2) is 5.82 Å². The van der Waals surface area contributed by atoms with E-state index in [1.165, 1.54) is 43.8 Å². The maximum atomic E-state index is 17.1. The summed E-state index contributed by atoms with van der Waals surface area (Å²) in [6.45, 7) is 10.6. The van der Waals surface area contributed by atoms with Crippen LogP contribution in [0.15, 0.2) is 54.7 Å². The Bertz CT molecular complexity index is 2960. The highest BCUT2D eigenvalue weighted by molar-refractivity contribution is 6.07. The molecule has 6 heterocycles. The van der Waals surface area contributed by atoms with Crippen LogP contribution in [0.25, 0.3) is 32.9 Å². The van der Waals surface area contributed by atoms with Gasteiger partial charge in [0.2, 0.25) is 5.91 Å². The molecule has 4 aliphatic heterocycles. The highest BCUT2D eigenvalue weighted by Gasteiger charge is 2.46. The van der Waals surface area contributed by atoms with Crippen molar-refractivity contribution in [2.45, 2.75) is 64.2 Å². The Balaban J connectivity index is 0.685. The molecule has 5 aromatic rings. The Morgan fingerprint density at radius 3 is 2.48 bits per heavy atom. The number of benzene rings is 3. The summed E-state index contributed by atoms with van der Waals surface area (Å²) in [5, 5.41) is 14.9. The molecule has 2 aromatic heterocycles. The normalized spacial score (nSPS) is 20.8. The van der Waals surface area contributed by atoms with Gasteiger partial charge in [-0.3, -0.25) is 24.8 Å². The molecular weight excluding hydrogens is 930 g/mol. The molecule has 0 radical (unpaired) electrons. The number of ether oxygens (including phenoxy) is 3. The van der Waals surface area contributed by atoms with Crippen LogP contribution >= 0.6 is 0 Å². The molecule has 2 saturated carbocycles. The zero-order valence-corrected chi connectivity index (χ0v) is 41.7. The number of phenols is 1. The monoisotopic (exact) mass is 993 g/mol. The van der Waals surface area contributed by atoms with E-state index in [9.17, 15) is 19.5 Å². The van der Waals surface area contributed by atoms with Gasteiger partial charge >= 0.3 is 12.0 Å². The van der Waals surface area contributed by atoms with E-state index in [1.54, 1.807) is 36.5 Å². The number of aromatic nitrogens is 3. The van der Waals surface area contributed by atoms with E-state index in [1.807, 2.05) is 17.0 Å². The number of anilines is 2. The summed E-state index contributed by atoms with van der Waals surface area (Å²) in [4.78, 5) is 63.2.